The molecule has 186 valence electrons. The van der Waals surface area contributed by atoms with E-state index in [1.165, 1.54) is 20.2 Å². The molecule has 1 atom stereocenters. The third-order valence-corrected chi connectivity index (χ3v) is 8.44. The summed E-state index contributed by atoms with van der Waals surface area (Å²) in [4.78, 5) is 14.3. The van der Waals surface area contributed by atoms with Crippen LogP contribution in [0.25, 0.3) is 42.1 Å². The fraction of sp³-hybridized carbons (Fsp3) is 0.0312. The maximum absolute atomic E-state index is 6.59. The lowest BCUT2D eigenvalue weighted by Crippen LogP contribution is -2.33. The van der Waals surface area contributed by atoms with Crippen LogP contribution in [0.2, 0.25) is 5.02 Å². The van der Waals surface area contributed by atoms with Gasteiger partial charge in [-0.05, 0) is 29.8 Å². The van der Waals surface area contributed by atoms with Gasteiger partial charge in [0.05, 0.1) is 6.20 Å². The predicted molar refractivity (Wildman–Crippen MR) is 161 cm³/mol. The summed E-state index contributed by atoms with van der Waals surface area (Å²) in [5.41, 5.74) is 4.27. The predicted octanol–water partition coefficient (Wildman–Crippen LogP) is 8.50. The first kappa shape index (κ1) is 22.5. The Morgan fingerprint density at radius 3 is 2.56 bits per heavy atom. The van der Waals surface area contributed by atoms with Crippen molar-refractivity contribution in [3.8, 4) is 0 Å². The van der Waals surface area contributed by atoms with Crippen molar-refractivity contribution in [3.05, 3.63) is 125 Å². The molecule has 0 radical (unpaired) electrons. The minimum Gasteiger partial charge on any atom is -0.454 e. The first-order chi connectivity index (χ1) is 19.2. The minimum atomic E-state index is -0.337. The normalized spacial score (nSPS) is 15.6. The molecular weight excluding hydrogens is 524 g/mol. The summed E-state index contributed by atoms with van der Waals surface area (Å²) in [7, 11) is 0. The molecule has 0 fully saturated rings. The van der Waals surface area contributed by atoms with Crippen LogP contribution in [-0.2, 0) is 0 Å². The van der Waals surface area contributed by atoms with E-state index in [1.807, 2.05) is 48.5 Å². The number of rotatable bonds is 3. The summed E-state index contributed by atoms with van der Waals surface area (Å²) in [5, 5.41) is 8.61. The van der Waals surface area contributed by atoms with Crippen molar-refractivity contribution < 1.29 is 4.42 Å². The van der Waals surface area contributed by atoms with Gasteiger partial charge in [0.1, 0.15) is 17.6 Å². The SMILES string of the molecule is Clc1cc(C2=NC(c3ccccc3)=NC(c3ccc4c(c3)sc3ccccc34)N2)c2c(c1)oc1cnccc12. The lowest BCUT2D eigenvalue weighted by atomic mass is 10.0. The van der Waals surface area contributed by atoms with Crippen LogP contribution in [0, 0.1) is 0 Å². The average Bonchev–Trinajstić information content (AvgIpc) is 3.54. The van der Waals surface area contributed by atoms with E-state index in [0.717, 1.165) is 27.5 Å². The van der Waals surface area contributed by atoms with Crippen molar-refractivity contribution in [3.63, 3.8) is 0 Å². The molecule has 0 spiro atoms. The molecule has 0 bridgehead atoms. The number of hydrogen-bond acceptors (Lipinski definition) is 6. The van der Waals surface area contributed by atoms with Gasteiger partial charge in [0, 0.05) is 59.4 Å². The molecule has 1 N–H and O–H groups in total. The topological polar surface area (TPSA) is 62.8 Å². The van der Waals surface area contributed by atoms with E-state index in [2.05, 4.69) is 52.8 Å². The number of nitrogens with zero attached hydrogens (tertiary/aromatic N) is 3. The zero-order valence-corrected chi connectivity index (χ0v) is 22.0. The maximum Gasteiger partial charge on any atom is 0.159 e. The second-order valence-electron chi connectivity index (χ2n) is 9.48. The molecule has 5 nitrogen and oxygen atoms in total. The van der Waals surface area contributed by atoms with Gasteiger partial charge in [0.25, 0.3) is 0 Å². The molecule has 7 heteroatoms. The number of benzene rings is 4. The Kier molecular flexibility index (Phi) is 5.05. The molecule has 39 heavy (non-hydrogen) atoms. The molecule has 1 aliphatic rings. The Hall–Kier alpha value is -4.52. The highest BCUT2D eigenvalue weighted by atomic mass is 35.5. The number of furan rings is 1. The third kappa shape index (κ3) is 3.72. The second kappa shape index (κ2) is 8.76. The smallest absolute Gasteiger partial charge is 0.159 e. The summed E-state index contributed by atoms with van der Waals surface area (Å²) in [6.45, 7) is 0. The van der Waals surface area contributed by atoms with E-state index in [1.54, 1.807) is 23.7 Å². The molecule has 8 rings (SSSR count). The summed E-state index contributed by atoms with van der Waals surface area (Å²) < 4.78 is 8.61. The molecule has 1 unspecified atom stereocenters. The fourth-order valence-electron chi connectivity index (χ4n) is 5.30. The van der Waals surface area contributed by atoms with Gasteiger partial charge >= 0.3 is 0 Å². The highest BCUT2D eigenvalue weighted by Crippen LogP contribution is 2.37. The molecular formula is C32H19ClN4OS. The number of fused-ring (bicyclic) bond motifs is 6. The average molecular weight is 543 g/mol. The first-order valence-corrected chi connectivity index (χ1v) is 13.8. The van der Waals surface area contributed by atoms with Gasteiger partial charge < -0.3 is 9.73 Å². The molecule has 4 heterocycles. The number of halogens is 1. The lowest BCUT2D eigenvalue weighted by molar-refractivity contribution is 0.666. The molecule has 3 aromatic heterocycles. The van der Waals surface area contributed by atoms with Gasteiger partial charge in [-0.15, -0.1) is 11.3 Å². The number of aliphatic imine (C=N–C) groups is 2. The Morgan fingerprint density at radius 1 is 0.795 bits per heavy atom. The Labute approximate surface area is 232 Å². The number of thiophene rings is 1. The van der Waals surface area contributed by atoms with E-state index in [0.29, 0.717) is 27.9 Å². The van der Waals surface area contributed by atoms with E-state index >= 15 is 0 Å². The summed E-state index contributed by atoms with van der Waals surface area (Å²) >= 11 is 8.39. The molecule has 0 aliphatic carbocycles. The van der Waals surface area contributed by atoms with Crippen molar-refractivity contribution in [1.29, 1.82) is 0 Å². The highest BCUT2D eigenvalue weighted by molar-refractivity contribution is 7.25. The first-order valence-electron chi connectivity index (χ1n) is 12.6. The summed E-state index contributed by atoms with van der Waals surface area (Å²) in [5.74, 6) is 1.35. The van der Waals surface area contributed by atoms with Gasteiger partial charge in [-0.2, -0.15) is 0 Å². The van der Waals surface area contributed by atoms with Crippen LogP contribution in [0.5, 0.6) is 0 Å². The Bertz CT molecular complexity index is 2130. The number of amidine groups is 2. The van der Waals surface area contributed by atoms with Crippen LogP contribution in [-0.4, -0.2) is 16.7 Å². The van der Waals surface area contributed by atoms with Crippen LogP contribution in [0.1, 0.15) is 22.9 Å². The van der Waals surface area contributed by atoms with E-state index in [-0.39, 0.29) is 6.17 Å². The van der Waals surface area contributed by atoms with Crippen LogP contribution in [0.4, 0.5) is 0 Å². The van der Waals surface area contributed by atoms with Gasteiger partial charge in [-0.25, -0.2) is 9.98 Å². The summed E-state index contributed by atoms with van der Waals surface area (Å²) in [6, 6.07) is 30.9. The zero-order valence-electron chi connectivity index (χ0n) is 20.4. The number of hydrogen-bond donors (Lipinski definition) is 1. The third-order valence-electron chi connectivity index (χ3n) is 7.09. The quantitative estimate of drug-likeness (QED) is 0.243. The number of nitrogens with one attached hydrogen (secondary N) is 1. The van der Waals surface area contributed by atoms with Crippen molar-refractivity contribution >= 4 is 76.7 Å². The number of pyridine rings is 1. The zero-order chi connectivity index (χ0) is 25.9. The van der Waals surface area contributed by atoms with Crippen LogP contribution >= 0.6 is 22.9 Å². The van der Waals surface area contributed by atoms with Crippen LogP contribution in [0.3, 0.4) is 0 Å². The second-order valence-corrected chi connectivity index (χ2v) is 11.0. The van der Waals surface area contributed by atoms with E-state index < -0.39 is 0 Å². The standard InChI is InChI=1S/C32H19ClN4OS/c33-20-15-24(29-23-12-13-34-17-26(23)38-25(29)16-20)32-36-30(18-6-2-1-3-7-18)35-31(37-32)19-10-11-22-21-8-4-5-9-27(21)39-28(22)14-19/h1-17,31H,(H,35,36,37). The molecule has 0 saturated heterocycles. The maximum atomic E-state index is 6.59. The molecule has 7 aromatic rings. The van der Waals surface area contributed by atoms with Crippen molar-refractivity contribution in [2.75, 3.05) is 0 Å². The van der Waals surface area contributed by atoms with Gasteiger partial charge in [0.15, 0.2) is 11.4 Å². The van der Waals surface area contributed by atoms with Gasteiger partial charge in [-0.3, -0.25) is 4.98 Å². The van der Waals surface area contributed by atoms with E-state index in [9.17, 15) is 0 Å². The van der Waals surface area contributed by atoms with Crippen molar-refractivity contribution in [2.24, 2.45) is 9.98 Å². The molecule has 0 amide bonds. The fourth-order valence-corrected chi connectivity index (χ4v) is 6.66. The highest BCUT2D eigenvalue weighted by Gasteiger charge is 2.25. The van der Waals surface area contributed by atoms with E-state index in [4.69, 9.17) is 26.0 Å². The molecule has 0 saturated carbocycles. The monoisotopic (exact) mass is 542 g/mol. The Balaban J connectivity index is 1.32. The van der Waals surface area contributed by atoms with Crippen LogP contribution < -0.4 is 5.32 Å². The number of aromatic nitrogens is 1. The molecule has 4 aromatic carbocycles. The van der Waals surface area contributed by atoms with Crippen LogP contribution in [0.15, 0.2) is 118 Å². The van der Waals surface area contributed by atoms with Gasteiger partial charge in [-0.1, -0.05) is 72.3 Å². The molecule has 1 aliphatic heterocycles. The largest absolute Gasteiger partial charge is 0.454 e. The lowest BCUT2D eigenvalue weighted by Gasteiger charge is -2.24. The van der Waals surface area contributed by atoms with Crippen molar-refractivity contribution in [2.45, 2.75) is 6.17 Å². The van der Waals surface area contributed by atoms with Gasteiger partial charge in [0.2, 0.25) is 0 Å². The minimum absolute atomic E-state index is 0.337. The summed E-state index contributed by atoms with van der Waals surface area (Å²) in [6.07, 6.45) is 3.16. The van der Waals surface area contributed by atoms with Crippen molar-refractivity contribution in [1.82, 2.24) is 10.3 Å². The Morgan fingerprint density at radius 2 is 1.64 bits per heavy atom.